The van der Waals surface area contributed by atoms with Crippen LogP contribution in [0.2, 0.25) is 0 Å². The average Bonchev–Trinajstić information content (AvgIpc) is 2.43. The van der Waals surface area contributed by atoms with Crippen molar-refractivity contribution in [1.29, 1.82) is 0 Å². The first-order chi connectivity index (χ1) is 10.3. The Morgan fingerprint density at radius 2 is 1.73 bits per heavy atom. The lowest BCUT2D eigenvalue weighted by Gasteiger charge is -2.11. The first kappa shape index (κ1) is 16.2. The van der Waals surface area contributed by atoms with E-state index in [-0.39, 0.29) is 17.2 Å². The summed E-state index contributed by atoms with van der Waals surface area (Å²) in [5.74, 6) is -0.232. The van der Waals surface area contributed by atoms with E-state index in [1.54, 1.807) is 18.2 Å². The average molecular weight is 317 g/mol. The topological polar surface area (TPSA) is 63.2 Å². The Labute approximate surface area is 131 Å². The second-order valence-electron chi connectivity index (χ2n) is 5.35. The third kappa shape index (κ3) is 3.74. The van der Waals surface area contributed by atoms with Crippen molar-refractivity contribution >= 4 is 21.4 Å². The second kappa shape index (κ2) is 6.32. The van der Waals surface area contributed by atoms with Crippen LogP contribution in [-0.4, -0.2) is 20.6 Å². The normalized spacial score (nSPS) is 11.2. The number of carbonyl (C=O) groups is 1. The minimum Gasteiger partial charge on any atom is -0.326 e. The zero-order valence-electron chi connectivity index (χ0n) is 12.9. The van der Waals surface area contributed by atoms with E-state index >= 15 is 0 Å². The molecule has 0 heterocycles. The molecule has 0 saturated heterocycles. The molecule has 0 aliphatic carbocycles. The molecule has 1 N–H and O–H groups in total. The van der Waals surface area contributed by atoms with E-state index in [2.05, 4.69) is 5.32 Å². The number of hydrogen-bond donors (Lipinski definition) is 1. The maximum absolute atomic E-state index is 12.2. The van der Waals surface area contributed by atoms with Crippen molar-refractivity contribution in [3.05, 3.63) is 59.2 Å². The summed E-state index contributed by atoms with van der Waals surface area (Å²) in [7, 11) is -3.35. The van der Waals surface area contributed by atoms with E-state index in [1.807, 2.05) is 32.0 Å². The standard InChI is InChI=1S/C17H19NO3S/c1-12-7-6-9-15(13(12)2)18-17(19)11-14-8-4-5-10-16(14)22(3,20)21/h4-10H,11H2,1-3H3,(H,18,19). The summed E-state index contributed by atoms with van der Waals surface area (Å²) in [6.45, 7) is 3.92. The summed E-state index contributed by atoms with van der Waals surface area (Å²) in [6, 6.07) is 12.3. The van der Waals surface area contributed by atoms with Crippen LogP contribution < -0.4 is 5.32 Å². The summed E-state index contributed by atoms with van der Waals surface area (Å²) in [6.07, 6.45) is 1.17. The molecule has 0 radical (unpaired) electrons. The number of sulfone groups is 1. The lowest BCUT2D eigenvalue weighted by molar-refractivity contribution is -0.115. The zero-order chi connectivity index (χ0) is 16.3. The van der Waals surface area contributed by atoms with Crippen LogP contribution >= 0.6 is 0 Å². The maximum Gasteiger partial charge on any atom is 0.228 e. The summed E-state index contributed by atoms with van der Waals surface area (Å²) >= 11 is 0. The van der Waals surface area contributed by atoms with Crippen molar-refractivity contribution in [2.24, 2.45) is 0 Å². The number of benzene rings is 2. The summed E-state index contributed by atoms with van der Waals surface area (Å²) in [5, 5.41) is 2.84. The van der Waals surface area contributed by atoms with Gasteiger partial charge in [0.2, 0.25) is 5.91 Å². The van der Waals surface area contributed by atoms with Gasteiger partial charge in [0.1, 0.15) is 0 Å². The summed E-state index contributed by atoms with van der Waals surface area (Å²) < 4.78 is 23.5. The Bertz CT molecular complexity index is 810. The zero-order valence-corrected chi connectivity index (χ0v) is 13.7. The minimum atomic E-state index is -3.35. The third-order valence-electron chi connectivity index (χ3n) is 3.60. The predicted molar refractivity (Wildman–Crippen MR) is 87.8 cm³/mol. The smallest absolute Gasteiger partial charge is 0.228 e. The number of aryl methyl sites for hydroxylation is 1. The van der Waals surface area contributed by atoms with Gasteiger partial charge >= 0.3 is 0 Å². The molecule has 0 bridgehead atoms. The van der Waals surface area contributed by atoms with Crippen LogP contribution in [0, 0.1) is 13.8 Å². The summed E-state index contributed by atoms with van der Waals surface area (Å²) in [5.41, 5.74) is 3.36. The van der Waals surface area contributed by atoms with Gasteiger partial charge in [0, 0.05) is 11.9 Å². The fourth-order valence-corrected chi connectivity index (χ4v) is 3.21. The number of nitrogens with one attached hydrogen (secondary N) is 1. The highest BCUT2D eigenvalue weighted by Gasteiger charge is 2.15. The van der Waals surface area contributed by atoms with Crippen LogP contribution in [-0.2, 0) is 21.1 Å². The molecule has 0 atom stereocenters. The van der Waals surface area contributed by atoms with E-state index in [1.165, 1.54) is 6.07 Å². The first-order valence-corrected chi connectivity index (χ1v) is 8.82. The summed E-state index contributed by atoms with van der Waals surface area (Å²) in [4.78, 5) is 12.4. The van der Waals surface area contributed by atoms with E-state index < -0.39 is 9.84 Å². The molecule has 2 rings (SSSR count). The minimum absolute atomic E-state index is 0.0244. The fraction of sp³-hybridized carbons (Fsp3) is 0.235. The van der Waals surface area contributed by atoms with Gasteiger partial charge in [0.15, 0.2) is 9.84 Å². The van der Waals surface area contributed by atoms with Crippen molar-refractivity contribution in [2.45, 2.75) is 25.2 Å². The van der Waals surface area contributed by atoms with Crippen molar-refractivity contribution in [2.75, 3.05) is 11.6 Å². The van der Waals surface area contributed by atoms with E-state index in [4.69, 9.17) is 0 Å². The Hall–Kier alpha value is -2.14. The van der Waals surface area contributed by atoms with Crippen molar-refractivity contribution in [1.82, 2.24) is 0 Å². The molecule has 0 fully saturated rings. The number of amides is 1. The van der Waals surface area contributed by atoms with E-state index in [0.29, 0.717) is 5.56 Å². The molecular formula is C17H19NO3S. The Balaban J connectivity index is 2.22. The molecule has 0 unspecified atom stereocenters. The molecule has 0 saturated carbocycles. The van der Waals surface area contributed by atoms with Gasteiger partial charge in [0.25, 0.3) is 0 Å². The van der Waals surface area contributed by atoms with Gasteiger partial charge in [-0.1, -0.05) is 30.3 Å². The van der Waals surface area contributed by atoms with Gasteiger partial charge in [-0.05, 0) is 42.7 Å². The van der Waals surface area contributed by atoms with E-state index in [9.17, 15) is 13.2 Å². The number of hydrogen-bond acceptors (Lipinski definition) is 3. The molecule has 0 spiro atoms. The van der Waals surface area contributed by atoms with Crippen LogP contribution in [0.3, 0.4) is 0 Å². The van der Waals surface area contributed by atoms with Gasteiger partial charge in [-0.25, -0.2) is 8.42 Å². The predicted octanol–water partition coefficient (Wildman–Crippen LogP) is 2.89. The Kier molecular flexibility index (Phi) is 4.66. The van der Waals surface area contributed by atoms with E-state index in [0.717, 1.165) is 23.1 Å². The first-order valence-electron chi connectivity index (χ1n) is 6.93. The molecule has 116 valence electrons. The molecule has 2 aromatic carbocycles. The third-order valence-corrected chi connectivity index (χ3v) is 4.80. The Morgan fingerprint density at radius 1 is 1.05 bits per heavy atom. The molecular weight excluding hydrogens is 298 g/mol. The molecule has 5 heteroatoms. The van der Waals surface area contributed by atoms with Gasteiger partial charge in [-0.3, -0.25) is 4.79 Å². The molecule has 0 aliphatic rings. The molecule has 4 nitrogen and oxygen atoms in total. The van der Waals surface area contributed by atoms with Gasteiger partial charge in [-0.15, -0.1) is 0 Å². The molecule has 22 heavy (non-hydrogen) atoms. The van der Waals surface area contributed by atoms with Crippen LogP contribution in [0.4, 0.5) is 5.69 Å². The Morgan fingerprint density at radius 3 is 2.41 bits per heavy atom. The SMILES string of the molecule is Cc1cccc(NC(=O)Cc2ccccc2S(C)(=O)=O)c1C. The second-order valence-corrected chi connectivity index (χ2v) is 7.34. The largest absolute Gasteiger partial charge is 0.326 e. The molecule has 1 amide bonds. The van der Waals surface area contributed by atoms with Crippen molar-refractivity contribution < 1.29 is 13.2 Å². The highest BCUT2D eigenvalue weighted by atomic mass is 32.2. The van der Waals surface area contributed by atoms with Crippen molar-refractivity contribution in [3.63, 3.8) is 0 Å². The van der Waals surface area contributed by atoms with Crippen LogP contribution in [0.1, 0.15) is 16.7 Å². The van der Waals surface area contributed by atoms with Crippen LogP contribution in [0.25, 0.3) is 0 Å². The van der Waals surface area contributed by atoms with Gasteiger partial charge in [0.05, 0.1) is 11.3 Å². The molecule has 0 aromatic heterocycles. The fourth-order valence-electron chi connectivity index (χ4n) is 2.27. The monoisotopic (exact) mass is 317 g/mol. The highest BCUT2D eigenvalue weighted by molar-refractivity contribution is 7.90. The van der Waals surface area contributed by atoms with Gasteiger partial charge in [-0.2, -0.15) is 0 Å². The lowest BCUT2D eigenvalue weighted by Crippen LogP contribution is -2.17. The van der Waals surface area contributed by atoms with Crippen LogP contribution in [0.5, 0.6) is 0 Å². The number of rotatable bonds is 4. The van der Waals surface area contributed by atoms with Crippen molar-refractivity contribution in [3.8, 4) is 0 Å². The van der Waals surface area contributed by atoms with Gasteiger partial charge < -0.3 is 5.32 Å². The number of carbonyl (C=O) groups excluding carboxylic acids is 1. The highest BCUT2D eigenvalue weighted by Crippen LogP contribution is 2.20. The quantitative estimate of drug-likeness (QED) is 0.943. The maximum atomic E-state index is 12.2. The molecule has 0 aliphatic heterocycles. The molecule has 2 aromatic rings. The number of anilines is 1. The lowest BCUT2D eigenvalue weighted by atomic mass is 10.1. The van der Waals surface area contributed by atoms with Crippen LogP contribution in [0.15, 0.2) is 47.4 Å².